The Morgan fingerprint density at radius 3 is 2.89 bits per heavy atom. The molecule has 148 valence electrons. The highest BCUT2D eigenvalue weighted by atomic mass is 32.1. The van der Waals surface area contributed by atoms with E-state index in [1.165, 1.54) is 19.5 Å². The van der Waals surface area contributed by atoms with E-state index >= 15 is 0 Å². The fraction of sp³-hybridized carbons (Fsp3) is 0.650. The van der Waals surface area contributed by atoms with E-state index < -0.39 is 0 Å². The van der Waals surface area contributed by atoms with Gasteiger partial charge in [-0.25, -0.2) is 0 Å². The van der Waals surface area contributed by atoms with E-state index in [1.54, 1.807) is 11.3 Å². The van der Waals surface area contributed by atoms with Crippen LogP contribution in [0.15, 0.2) is 22.0 Å². The van der Waals surface area contributed by atoms with E-state index in [0.29, 0.717) is 24.6 Å². The average Bonchev–Trinajstić information content (AvgIpc) is 3.30. The molecule has 0 spiro atoms. The summed E-state index contributed by atoms with van der Waals surface area (Å²) in [5.74, 6) is 2.77. The Bertz CT molecular complexity index is 691. The molecule has 2 unspecified atom stereocenters. The summed E-state index contributed by atoms with van der Waals surface area (Å²) < 4.78 is 5.23. The Morgan fingerprint density at radius 1 is 1.33 bits per heavy atom. The highest BCUT2D eigenvalue weighted by molar-refractivity contribution is 7.13. The van der Waals surface area contributed by atoms with Crippen molar-refractivity contribution in [2.75, 3.05) is 26.2 Å². The summed E-state index contributed by atoms with van der Waals surface area (Å²) >= 11 is 1.57. The van der Waals surface area contributed by atoms with Crippen LogP contribution < -0.4 is 5.32 Å². The Hall–Kier alpha value is -1.73. The maximum absolute atomic E-state index is 12.0. The lowest BCUT2D eigenvalue weighted by atomic mass is 9.92. The number of carbonyl (C=O) groups excluding carboxylic acids is 1. The van der Waals surface area contributed by atoms with Crippen LogP contribution in [0.25, 0.3) is 10.7 Å². The standard InChI is InChI=1S/C20H30N4O2S/c1-15-12-16(2)14-24(13-15)10-4-3-9-21-18(25)7-8-19-22-20(23-26-19)17-6-5-11-27-17/h5-6,11,15-16H,3-4,7-10,12-14H2,1-2H3,(H,21,25). The fourth-order valence-electron chi connectivity index (χ4n) is 3.83. The van der Waals surface area contributed by atoms with Crippen LogP contribution in [0.1, 0.15) is 45.4 Å². The summed E-state index contributed by atoms with van der Waals surface area (Å²) in [6.07, 6.45) is 4.37. The van der Waals surface area contributed by atoms with Gasteiger partial charge in [0, 0.05) is 32.5 Å². The second-order valence-electron chi connectivity index (χ2n) is 7.75. The molecule has 1 saturated heterocycles. The number of carbonyl (C=O) groups is 1. The number of aryl methyl sites for hydroxylation is 1. The first-order valence-electron chi connectivity index (χ1n) is 9.95. The minimum atomic E-state index is 0.0473. The van der Waals surface area contributed by atoms with Crippen molar-refractivity contribution < 1.29 is 9.32 Å². The molecule has 1 amide bonds. The summed E-state index contributed by atoms with van der Waals surface area (Å²) in [6.45, 7) is 8.99. The largest absolute Gasteiger partial charge is 0.356 e. The third-order valence-electron chi connectivity index (χ3n) is 4.94. The van der Waals surface area contributed by atoms with Gasteiger partial charge in [-0.15, -0.1) is 11.3 Å². The van der Waals surface area contributed by atoms with Crippen LogP contribution in [0.3, 0.4) is 0 Å². The van der Waals surface area contributed by atoms with Gasteiger partial charge < -0.3 is 14.7 Å². The second-order valence-corrected chi connectivity index (χ2v) is 8.70. The summed E-state index contributed by atoms with van der Waals surface area (Å²) in [6, 6.07) is 3.91. The molecule has 1 N–H and O–H groups in total. The Morgan fingerprint density at radius 2 is 2.15 bits per heavy atom. The number of amides is 1. The molecule has 7 heteroatoms. The van der Waals surface area contributed by atoms with Gasteiger partial charge in [-0.1, -0.05) is 25.1 Å². The topological polar surface area (TPSA) is 71.3 Å². The molecule has 3 heterocycles. The molecular weight excluding hydrogens is 360 g/mol. The number of aromatic nitrogens is 2. The molecule has 0 bridgehead atoms. The Labute approximate surface area is 165 Å². The molecule has 0 saturated carbocycles. The van der Waals surface area contributed by atoms with Crippen LogP contribution in [0.4, 0.5) is 0 Å². The first-order valence-corrected chi connectivity index (χ1v) is 10.8. The molecule has 2 atom stereocenters. The fourth-order valence-corrected chi connectivity index (χ4v) is 4.48. The van der Waals surface area contributed by atoms with E-state index in [9.17, 15) is 4.79 Å². The number of thiophene rings is 1. The minimum absolute atomic E-state index is 0.0473. The van der Waals surface area contributed by atoms with Crippen molar-refractivity contribution in [3.05, 3.63) is 23.4 Å². The molecule has 2 aromatic heterocycles. The van der Waals surface area contributed by atoms with E-state index in [2.05, 4.69) is 34.2 Å². The lowest BCUT2D eigenvalue weighted by Crippen LogP contribution is -2.39. The summed E-state index contributed by atoms with van der Waals surface area (Å²) in [5.41, 5.74) is 0. The molecule has 0 aromatic carbocycles. The van der Waals surface area contributed by atoms with Crippen molar-refractivity contribution in [2.45, 2.75) is 46.0 Å². The van der Waals surface area contributed by atoms with Crippen LogP contribution in [-0.2, 0) is 11.2 Å². The number of likely N-dealkylation sites (tertiary alicyclic amines) is 1. The lowest BCUT2D eigenvalue weighted by Gasteiger charge is -2.34. The number of unbranched alkanes of at least 4 members (excludes halogenated alkanes) is 1. The van der Waals surface area contributed by atoms with Gasteiger partial charge in [0.15, 0.2) is 0 Å². The predicted octanol–water partition coefficient (Wildman–Crippen LogP) is 3.61. The van der Waals surface area contributed by atoms with Gasteiger partial charge in [0.2, 0.25) is 17.6 Å². The lowest BCUT2D eigenvalue weighted by molar-refractivity contribution is -0.121. The Balaban J connectivity index is 1.27. The molecule has 3 rings (SSSR count). The number of piperidine rings is 1. The predicted molar refractivity (Wildman–Crippen MR) is 108 cm³/mol. The second kappa shape index (κ2) is 9.99. The minimum Gasteiger partial charge on any atom is -0.356 e. The SMILES string of the molecule is CC1CC(C)CN(CCCCNC(=O)CCc2nc(-c3cccs3)no2)C1. The molecule has 6 nitrogen and oxygen atoms in total. The molecule has 0 aliphatic carbocycles. The van der Waals surface area contributed by atoms with Crippen molar-refractivity contribution in [2.24, 2.45) is 11.8 Å². The van der Waals surface area contributed by atoms with Gasteiger partial charge in [0.05, 0.1) is 4.88 Å². The van der Waals surface area contributed by atoms with Crippen molar-refractivity contribution in [3.63, 3.8) is 0 Å². The molecule has 0 radical (unpaired) electrons. The van der Waals surface area contributed by atoms with Gasteiger partial charge >= 0.3 is 0 Å². The van der Waals surface area contributed by atoms with E-state index in [1.807, 2.05) is 17.5 Å². The number of rotatable bonds is 9. The van der Waals surface area contributed by atoms with Gasteiger partial charge in [0.1, 0.15) is 0 Å². The third-order valence-corrected chi connectivity index (χ3v) is 5.81. The zero-order valence-electron chi connectivity index (χ0n) is 16.3. The highest BCUT2D eigenvalue weighted by Crippen LogP contribution is 2.22. The number of nitrogens with one attached hydrogen (secondary N) is 1. The van der Waals surface area contributed by atoms with Crippen LogP contribution >= 0.6 is 11.3 Å². The quantitative estimate of drug-likeness (QED) is 0.662. The molecule has 2 aromatic rings. The van der Waals surface area contributed by atoms with E-state index in [-0.39, 0.29) is 5.91 Å². The Kier molecular flexibility index (Phi) is 7.41. The van der Waals surface area contributed by atoms with Gasteiger partial charge in [-0.05, 0) is 49.1 Å². The summed E-state index contributed by atoms with van der Waals surface area (Å²) in [4.78, 5) is 19.9. The van der Waals surface area contributed by atoms with E-state index in [4.69, 9.17) is 4.52 Å². The van der Waals surface area contributed by atoms with Gasteiger partial charge in [-0.2, -0.15) is 4.98 Å². The van der Waals surface area contributed by atoms with Crippen LogP contribution in [0.5, 0.6) is 0 Å². The summed E-state index contributed by atoms with van der Waals surface area (Å²) in [7, 11) is 0. The van der Waals surface area contributed by atoms with Crippen molar-refractivity contribution >= 4 is 17.2 Å². The molecule has 1 aliphatic heterocycles. The number of nitrogens with zero attached hydrogens (tertiary/aromatic N) is 3. The number of hydrogen-bond acceptors (Lipinski definition) is 6. The van der Waals surface area contributed by atoms with Crippen molar-refractivity contribution in [3.8, 4) is 10.7 Å². The summed E-state index contributed by atoms with van der Waals surface area (Å²) in [5, 5.41) is 8.94. The molecular formula is C20H30N4O2S. The average molecular weight is 391 g/mol. The first kappa shape index (κ1) is 20.0. The molecule has 1 fully saturated rings. The zero-order chi connectivity index (χ0) is 19.1. The molecule has 27 heavy (non-hydrogen) atoms. The normalized spacial score (nSPS) is 20.7. The smallest absolute Gasteiger partial charge is 0.227 e. The maximum Gasteiger partial charge on any atom is 0.227 e. The van der Waals surface area contributed by atoms with Crippen LogP contribution in [0.2, 0.25) is 0 Å². The van der Waals surface area contributed by atoms with Crippen molar-refractivity contribution in [1.82, 2.24) is 20.4 Å². The van der Waals surface area contributed by atoms with Crippen LogP contribution in [-0.4, -0.2) is 47.1 Å². The maximum atomic E-state index is 12.0. The van der Waals surface area contributed by atoms with Crippen LogP contribution in [0, 0.1) is 11.8 Å². The monoisotopic (exact) mass is 390 g/mol. The van der Waals surface area contributed by atoms with Gasteiger partial charge in [0.25, 0.3) is 0 Å². The zero-order valence-corrected chi connectivity index (χ0v) is 17.1. The van der Waals surface area contributed by atoms with E-state index in [0.717, 1.165) is 42.6 Å². The number of hydrogen-bond donors (Lipinski definition) is 1. The third kappa shape index (κ3) is 6.43. The van der Waals surface area contributed by atoms with Crippen molar-refractivity contribution in [1.29, 1.82) is 0 Å². The van der Waals surface area contributed by atoms with Gasteiger partial charge in [-0.3, -0.25) is 4.79 Å². The first-order chi connectivity index (χ1) is 13.1. The molecule has 1 aliphatic rings. The highest BCUT2D eigenvalue weighted by Gasteiger charge is 2.21.